The van der Waals surface area contributed by atoms with E-state index in [1.54, 1.807) is 6.07 Å². The van der Waals surface area contributed by atoms with Gasteiger partial charge in [0.05, 0.1) is 5.69 Å². The fourth-order valence-electron chi connectivity index (χ4n) is 2.30. The maximum Gasteiger partial charge on any atom is 0.228 e. The quantitative estimate of drug-likeness (QED) is 0.807. The third kappa shape index (κ3) is 2.09. The van der Waals surface area contributed by atoms with Gasteiger partial charge in [-0.1, -0.05) is 26.0 Å². The van der Waals surface area contributed by atoms with Crippen LogP contribution in [0.2, 0.25) is 0 Å². The second kappa shape index (κ2) is 4.32. The minimum absolute atomic E-state index is 0.0438. The predicted octanol–water partition coefficient (Wildman–Crippen LogP) is 2.79. The summed E-state index contributed by atoms with van der Waals surface area (Å²) in [5.74, 6) is -0.0317. The van der Waals surface area contributed by atoms with Crippen LogP contribution in [0.3, 0.4) is 0 Å². The van der Waals surface area contributed by atoms with Crippen molar-refractivity contribution in [2.24, 2.45) is 11.8 Å². The van der Waals surface area contributed by atoms with Crippen LogP contribution < -0.4 is 5.32 Å². The van der Waals surface area contributed by atoms with E-state index in [0.717, 1.165) is 5.56 Å². The molecule has 0 unspecified atom stereocenters. The highest BCUT2D eigenvalue weighted by Crippen LogP contribution is 2.29. The van der Waals surface area contributed by atoms with E-state index in [2.05, 4.69) is 5.32 Å². The Morgan fingerprint density at radius 3 is 2.65 bits per heavy atom. The summed E-state index contributed by atoms with van der Waals surface area (Å²) in [6, 6.07) is 5.55. The van der Waals surface area contributed by atoms with Crippen molar-refractivity contribution in [2.45, 2.75) is 27.2 Å². The Hall–Kier alpha value is -1.64. The van der Waals surface area contributed by atoms with E-state index in [1.165, 1.54) is 0 Å². The molecule has 0 spiro atoms. The zero-order valence-corrected chi connectivity index (χ0v) is 10.4. The van der Waals surface area contributed by atoms with Crippen molar-refractivity contribution < 1.29 is 9.59 Å². The van der Waals surface area contributed by atoms with Crippen molar-refractivity contribution in [1.82, 2.24) is 0 Å². The van der Waals surface area contributed by atoms with Gasteiger partial charge >= 0.3 is 0 Å². The molecular formula is C14H17NO2. The lowest BCUT2D eigenvalue weighted by atomic mass is 9.89. The van der Waals surface area contributed by atoms with Gasteiger partial charge in [-0.15, -0.1) is 0 Å². The maximum absolute atomic E-state index is 12.2. The minimum atomic E-state index is -0.228. The molecule has 0 bridgehead atoms. The highest BCUT2D eigenvalue weighted by atomic mass is 16.2. The zero-order valence-electron chi connectivity index (χ0n) is 10.4. The number of nitrogens with one attached hydrogen (secondary N) is 1. The van der Waals surface area contributed by atoms with Gasteiger partial charge in [0.1, 0.15) is 0 Å². The van der Waals surface area contributed by atoms with Crippen LogP contribution in [-0.2, 0) is 4.79 Å². The summed E-state index contributed by atoms with van der Waals surface area (Å²) in [5.41, 5.74) is 2.25. The Bertz CT molecular complexity index is 477. The molecule has 0 saturated heterocycles. The highest BCUT2D eigenvalue weighted by molar-refractivity contribution is 6.10. The first-order chi connectivity index (χ1) is 8.00. The number of carbonyl (C=O) groups is 2. The molecule has 1 aromatic carbocycles. The topological polar surface area (TPSA) is 46.2 Å². The molecule has 0 radical (unpaired) electrons. The van der Waals surface area contributed by atoms with E-state index >= 15 is 0 Å². The molecule has 90 valence electrons. The standard InChI is InChI=1S/C14H17NO2/c1-8(2)10-7-12(16)13-9(3)5-4-6-11(13)15-14(10)17/h4-6,8,10H,7H2,1-3H3,(H,15,17)/t10-/m1/s1. The number of Topliss-reactive ketones (excluding diaryl/α,β-unsaturated/α-hetero) is 1. The van der Waals surface area contributed by atoms with E-state index in [1.807, 2.05) is 32.9 Å². The number of aryl methyl sites for hydroxylation is 1. The Kier molecular flexibility index (Phi) is 3.01. The molecule has 3 nitrogen and oxygen atoms in total. The molecular weight excluding hydrogens is 214 g/mol. The van der Waals surface area contributed by atoms with Gasteiger partial charge in [-0.05, 0) is 24.5 Å². The summed E-state index contributed by atoms with van der Waals surface area (Å²) < 4.78 is 0. The normalized spacial score (nSPS) is 19.9. The Labute approximate surface area is 101 Å². The Morgan fingerprint density at radius 2 is 2.00 bits per heavy atom. The lowest BCUT2D eigenvalue weighted by Gasteiger charge is -2.15. The summed E-state index contributed by atoms with van der Waals surface area (Å²) in [7, 11) is 0. The molecule has 1 aromatic rings. The van der Waals surface area contributed by atoms with Gasteiger partial charge < -0.3 is 5.32 Å². The zero-order chi connectivity index (χ0) is 12.6. The predicted molar refractivity (Wildman–Crippen MR) is 67.1 cm³/mol. The van der Waals surface area contributed by atoms with Crippen LogP contribution in [0, 0.1) is 18.8 Å². The second-order valence-electron chi connectivity index (χ2n) is 4.96. The monoisotopic (exact) mass is 231 g/mol. The fraction of sp³-hybridized carbons (Fsp3) is 0.429. The average Bonchev–Trinajstić information content (AvgIpc) is 2.36. The summed E-state index contributed by atoms with van der Waals surface area (Å²) in [6.07, 6.45) is 0.307. The Balaban J connectivity index is 2.47. The van der Waals surface area contributed by atoms with Gasteiger partial charge in [0, 0.05) is 17.9 Å². The van der Waals surface area contributed by atoms with E-state index in [4.69, 9.17) is 0 Å². The number of benzene rings is 1. The third-order valence-corrected chi connectivity index (χ3v) is 3.36. The molecule has 0 fully saturated rings. The summed E-state index contributed by atoms with van der Waals surface area (Å²) in [5, 5.41) is 2.87. The summed E-state index contributed by atoms with van der Waals surface area (Å²) in [6.45, 7) is 5.85. The smallest absolute Gasteiger partial charge is 0.228 e. The fourth-order valence-corrected chi connectivity index (χ4v) is 2.30. The molecule has 1 amide bonds. The molecule has 1 N–H and O–H groups in total. The molecule has 1 aliphatic rings. The number of ketones is 1. The van der Waals surface area contributed by atoms with Crippen molar-refractivity contribution in [1.29, 1.82) is 0 Å². The molecule has 17 heavy (non-hydrogen) atoms. The lowest BCUT2D eigenvalue weighted by Crippen LogP contribution is -2.26. The maximum atomic E-state index is 12.2. The van der Waals surface area contributed by atoms with Gasteiger partial charge in [0.2, 0.25) is 5.91 Å². The van der Waals surface area contributed by atoms with E-state index in [9.17, 15) is 9.59 Å². The molecule has 1 heterocycles. The first-order valence-corrected chi connectivity index (χ1v) is 5.94. The van der Waals surface area contributed by atoms with Crippen LogP contribution in [-0.4, -0.2) is 11.7 Å². The van der Waals surface area contributed by atoms with Crippen molar-refractivity contribution in [3.63, 3.8) is 0 Å². The largest absolute Gasteiger partial charge is 0.325 e. The molecule has 0 aliphatic carbocycles. The van der Waals surface area contributed by atoms with Gasteiger partial charge in [-0.3, -0.25) is 9.59 Å². The summed E-state index contributed by atoms with van der Waals surface area (Å²) >= 11 is 0. The first-order valence-electron chi connectivity index (χ1n) is 5.94. The second-order valence-corrected chi connectivity index (χ2v) is 4.96. The number of anilines is 1. The number of rotatable bonds is 1. The number of carbonyl (C=O) groups excluding carboxylic acids is 2. The van der Waals surface area contributed by atoms with Crippen molar-refractivity contribution in [2.75, 3.05) is 5.32 Å². The number of fused-ring (bicyclic) bond motifs is 1. The minimum Gasteiger partial charge on any atom is -0.325 e. The van der Waals surface area contributed by atoms with Crippen LogP contribution in [0.15, 0.2) is 18.2 Å². The number of hydrogen-bond acceptors (Lipinski definition) is 2. The SMILES string of the molecule is Cc1cccc2c1C(=O)C[C@H](C(C)C)C(=O)N2. The average molecular weight is 231 g/mol. The van der Waals surface area contributed by atoms with Crippen LogP contribution in [0.1, 0.15) is 36.2 Å². The number of hydrogen-bond donors (Lipinski definition) is 1. The Morgan fingerprint density at radius 1 is 1.29 bits per heavy atom. The van der Waals surface area contributed by atoms with Gasteiger partial charge in [-0.25, -0.2) is 0 Å². The van der Waals surface area contributed by atoms with Crippen LogP contribution >= 0.6 is 0 Å². The van der Waals surface area contributed by atoms with Crippen molar-refractivity contribution in [3.05, 3.63) is 29.3 Å². The molecule has 0 aromatic heterocycles. The highest BCUT2D eigenvalue weighted by Gasteiger charge is 2.31. The van der Waals surface area contributed by atoms with E-state index < -0.39 is 0 Å². The van der Waals surface area contributed by atoms with Gasteiger partial charge in [0.25, 0.3) is 0 Å². The molecule has 1 aliphatic heterocycles. The molecule has 1 atom stereocenters. The molecule has 3 heteroatoms. The third-order valence-electron chi connectivity index (χ3n) is 3.36. The lowest BCUT2D eigenvalue weighted by molar-refractivity contribution is -0.121. The van der Waals surface area contributed by atoms with Crippen LogP contribution in [0.25, 0.3) is 0 Å². The van der Waals surface area contributed by atoms with Crippen LogP contribution in [0.4, 0.5) is 5.69 Å². The van der Waals surface area contributed by atoms with E-state index in [0.29, 0.717) is 17.7 Å². The van der Waals surface area contributed by atoms with Gasteiger partial charge in [0.15, 0.2) is 5.78 Å². The van der Waals surface area contributed by atoms with Crippen LogP contribution in [0.5, 0.6) is 0 Å². The van der Waals surface area contributed by atoms with E-state index in [-0.39, 0.29) is 23.5 Å². The van der Waals surface area contributed by atoms with Crippen molar-refractivity contribution >= 4 is 17.4 Å². The molecule has 2 rings (SSSR count). The molecule has 0 saturated carbocycles. The summed E-state index contributed by atoms with van der Waals surface area (Å²) in [4.78, 5) is 24.2. The number of amides is 1. The van der Waals surface area contributed by atoms with Gasteiger partial charge in [-0.2, -0.15) is 0 Å². The first kappa shape index (κ1) is 11.8. The van der Waals surface area contributed by atoms with Crippen molar-refractivity contribution in [3.8, 4) is 0 Å².